The van der Waals surface area contributed by atoms with Crippen LogP contribution < -0.4 is 0 Å². The minimum Gasteiger partial charge on any atom is -0.329 e. The molecular weight excluding hydrogens is 160 g/mol. The molecule has 0 aliphatic carbocycles. The van der Waals surface area contributed by atoms with Crippen molar-refractivity contribution >= 4 is 18.0 Å². The molecule has 0 bridgehead atoms. The quantitative estimate of drug-likeness (QED) is 0.385. The van der Waals surface area contributed by atoms with E-state index in [1.807, 2.05) is 17.8 Å². The summed E-state index contributed by atoms with van der Waals surface area (Å²) in [6.45, 7) is 0. The van der Waals surface area contributed by atoms with Gasteiger partial charge in [0.05, 0.1) is 0 Å². The number of imidazole rings is 1. The fraction of sp³-hybridized carbons (Fsp3) is 0.429. The first-order chi connectivity index (χ1) is 5.34. The molecule has 0 unspecified atom stereocenters. The van der Waals surface area contributed by atoms with Gasteiger partial charge in [0.1, 0.15) is 6.29 Å². The second kappa shape index (κ2) is 4.18. The molecule has 0 saturated heterocycles. The Morgan fingerprint density at radius 3 is 3.18 bits per heavy atom. The molecule has 1 heterocycles. The number of rotatable bonds is 4. The largest absolute Gasteiger partial charge is 0.329 e. The molecule has 1 rings (SSSR count). The summed E-state index contributed by atoms with van der Waals surface area (Å²) >= 11 is 1.60. The first kappa shape index (κ1) is 8.33. The molecule has 0 aliphatic heterocycles. The third-order valence-electron chi connectivity index (χ3n) is 1.24. The Morgan fingerprint density at radius 2 is 2.64 bits per heavy atom. The maximum atomic E-state index is 9.98. The van der Waals surface area contributed by atoms with Gasteiger partial charge in [-0.25, -0.2) is 4.98 Å². The summed E-state index contributed by atoms with van der Waals surface area (Å²) in [4.78, 5) is 14.1. The van der Waals surface area contributed by atoms with E-state index in [1.165, 1.54) is 0 Å². The van der Waals surface area contributed by atoms with E-state index in [2.05, 4.69) is 4.98 Å². The molecule has 0 amide bonds. The summed E-state index contributed by atoms with van der Waals surface area (Å²) in [5.41, 5.74) is 0. The molecule has 0 aliphatic rings. The molecule has 4 heteroatoms. The highest BCUT2D eigenvalue weighted by Gasteiger charge is 1.97. The minimum absolute atomic E-state index is 0.595. The third kappa shape index (κ3) is 2.38. The summed E-state index contributed by atoms with van der Waals surface area (Å²) in [5, 5.41) is 0.965. The van der Waals surface area contributed by atoms with Crippen molar-refractivity contribution in [2.24, 2.45) is 7.05 Å². The lowest BCUT2D eigenvalue weighted by Crippen LogP contribution is -1.90. The Kier molecular flexibility index (Phi) is 3.16. The van der Waals surface area contributed by atoms with Crippen LogP contribution in [-0.2, 0) is 11.8 Å². The van der Waals surface area contributed by atoms with Crippen LogP contribution in [-0.4, -0.2) is 21.6 Å². The predicted molar refractivity (Wildman–Crippen MR) is 44.6 cm³/mol. The summed E-state index contributed by atoms with van der Waals surface area (Å²) in [5.74, 6) is 0.814. The van der Waals surface area contributed by atoms with Gasteiger partial charge in [0.15, 0.2) is 5.16 Å². The zero-order chi connectivity index (χ0) is 8.10. The molecule has 0 N–H and O–H groups in total. The molecule has 1 aromatic rings. The van der Waals surface area contributed by atoms with Gasteiger partial charge >= 0.3 is 0 Å². The summed E-state index contributed by atoms with van der Waals surface area (Å²) in [6.07, 6.45) is 5.17. The van der Waals surface area contributed by atoms with Crippen molar-refractivity contribution in [1.82, 2.24) is 9.55 Å². The maximum absolute atomic E-state index is 9.98. The fourth-order valence-electron chi connectivity index (χ4n) is 0.689. The van der Waals surface area contributed by atoms with E-state index in [0.717, 1.165) is 17.2 Å². The Balaban J connectivity index is 2.38. The highest BCUT2D eigenvalue weighted by atomic mass is 32.2. The molecule has 0 fully saturated rings. The van der Waals surface area contributed by atoms with Gasteiger partial charge in [-0.1, -0.05) is 11.8 Å². The van der Waals surface area contributed by atoms with Gasteiger partial charge in [-0.2, -0.15) is 0 Å². The zero-order valence-corrected chi connectivity index (χ0v) is 7.17. The molecule has 1 aromatic heterocycles. The summed E-state index contributed by atoms with van der Waals surface area (Å²) < 4.78 is 1.94. The number of nitrogens with zero attached hydrogens (tertiary/aromatic N) is 2. The SMILES string of the molecule is Cn1ccnc1SCCC=O. The van der Waals surface area contributed by atoms with Crippen LogP contribution in [0.4, 0.5) is 0 Å². The smallest absolute Gasteiger partial charge is 0.167 e. The first-order valence-corrected chi connectivity index (χ1v) is 4.37. The Hall–Kier alpha value is -0.770. The van der Waals surface area contributed by atoms with E-state index in [0.29, 0.717) is 6.42 Å². The van der Waals surface area contributed by atoms with Crippen molar-refractivity contribution in [1.29, 1.82) is 0 Å². The van der Waals surface area contributed by atoms with Gasteiger partial charge in [-0.3, -0.25) is 0 Å². The first-order valence-electron chi connectivity index (χ1n) is 3.38. The second-order valence-corrected chi connectivity index (χ2v) is 3.19. The van der Waals surface area contributed by atoms with Crippen LogP contribution in [0.1, 0.15) is 6.42 Å². The zero-order valence-electron chi connectivity index (χ0n) is 6.36. The monoisotopic (exact) mass is 170 g/mol. The van der Waals surface area contributed by atoms with Gasteiger partial charge < -0.3 is 9.36 Å². The van der Waals surface area contributed by atoms with Crippen molar-refractivity contribution in [3.05, 3.63) is 12.4 Å². The van der Waals surface area contributed by atoms with E-state index in [4.69, 9.17) is 0 Å². The van der Waals surface area contributed by atoms with E-state index in [1.54, 1.807) is 18.0 Å². The lowest BCUT2D eigenvalue weighted by Gasteiger charge is -1.97. The molecule has 11 heavy (non-hydrogen) atoms. The number of carbonyl (C=O) groups is 1. The van der Waals surface area contributed by atoms with Crippen LogP contribution in [0.3, 0.4) is 0 Å². The molecule has 3 nitrogen and oxygen atoms in total. The van der Waals surface area contributed by atoms with Gasteiger partial charge in [0.25, 0.3) is 0 Å². The summed E-state index contributed by atoms with van der Waals surface area (Å²) in [6, 6.07) is 0. The Labute approximate surface area is 69.8 Å². The second-order valence-electron chi connectivity index (χ2n) is 2.12. The lowest BCUT2D eigenvalue weighted by atomic mass is 10.6. The predicted octanol–water partition coefficient (Wildman–Crippen LogP) is 1.10. The number of aldehydes is 1. The third-order valence-corrected chi connectivity index (χ3v) is 2.34. The van der Waals surface area contributed by atoms with Crippen LogP contribution in [0.15, 0.2) is 17.6 Å². The Bertz CT molecular complexity index is 234. The van der Waals surface area contributed by atoms with E-state index >= 15 is 0 Å². The molecule has 0 spiro atoms. The number of aromatic nitrogens is 2. The molecule has 0 radical (unpaired) electrons. The number of hydrogen-bond acceptors (Lipinski definition) is 3. The van der Waals surface area contributed by atoms with Gasteiger partial charge in [-0.05, 0) is 0 Å². The average molecular weight is 170 g/mol. The fourth-order valence-corrected chi connectivity index (χ4v) is 1.49. The van der Waals surface area contributed by atoms with E-state index in [-0.39, 0.29) is 0 Å². The number of carbonyl (C=O) groups excluding carboxylic acids is 1. The molecular formula is C7H10N2OS. The van der Waals surface area contributed by atoms with Gasteiger partial charge in [0, 0.05) is 31.6 Å². The Morgan fingerprint density at radius 1 is 1.82 bits per heavy atom. The lowest BCUT2D eigenvalue weighted by molar-refractivity contribution is -0.107. The van der Waals surface area contributed by atoms with Crippen molar-refractivity contribution in [3.63, 3.8) is 0 Å². The van der Waals surface area contributed by atoms with Crippen molar-refractivity contribution < 1.29 is 4.79 Å². The highest BCUT2D eigenvalue weighted by molar-refractivity contribution is 7.99. The van der Waals surface area contributed by atoms with Crippen molar-refractivity contribution in [3.8, 4) is 0 Å². The topological polar surface area (TPSA) is 34.9 Å². The number of thioether (sulfide) groups is 1. The van der Waals surface area contributed by atoms with Crippen LogP contribution in [0, 0.1) is 0 Å². The maximum Gasteiger partial charge on any atom is 0.167 e. The standard InChI is InChI=1S/C7H10N2OS/c1-9-4-3-8-7(9)11-6-2-5-10/h3-5H,2,6H2,1H3. The van der Waals surface area contributed by atoms with Crippen molar-refractivity contribution in [2.45, 2.75) is 11.6 Å². The van der Waals surface area contributed by atoms with Crippen LogP contribution in [0.25, 0.3) is 0 Å². The number of aryl methyl sites for hydroxylation is 1. The van der Waals surface area contributed by atoms with E-state index in [9.17, 15) is 4.79 Å². The minimum atomic E-state index is 0.595. The van der Waals surface area contributed by atoms with Crippen molar-refractivity contribution in [2.75, 3.05) is 5.75 Å². The van der Waals surface area contributed by atoms with Gasteiger partial charge in [-0.15, -0.1) is 0 Å². The summed E-state index contributed by atoms with van der Waals surface area (Å²) in [7, 11) is 1.94. The van der Waals surface area contributed by atoms with Crippen LogP contribution in [0.2, 0.25) is 0 Å². The average Bonchev–Trinajstić information content (AvgIpc) is 2.37. The molecule has 0 saturated carbocycles. The highest BCUT2D eigenvalue weighted by Crippen LogP contribution is 2.14. The van der Waals surface area contributed by atoms with Crippen LogP contribution >= 0.6 is 11.8 Å². The van der Waals surface area contributed by atoms with E-state index < -0.39 is 0 Å². The molecule has 0 atom stereocenters. The number of hydrogen-bond donors (Lipinski definition) is 0. The van der Waals surface area contributed by atoms with Gasteiger partial charge in [0.2, 0.25) is 0 Å². The molecule has 0 aromatic carbocycles. The van der Waals surface area contributed by atoms with Crippen LogP contribution in [0.5, 0.6) is 0 Å². The normalized spacial score (nSPS) is 9.91. The molecule has 60 valence electrons.